The van der Waals surface area contributed by atoms with Gasteiger partial charge in [0.2, 0.25) is 11.8 Å². The molecule has 0 bridgehead atoms. The first-order chi connectivity index (χ1) is 16.9. The minimum Gasteiger partial charge on any atom is -0.351 e. The van der Waals surface area contributed by atoms with Crippen LogP contribution in [0.1, 0.15) is 62.0 Å². The van der Waals surface area contributed by atoms with Gasteiger partial charge in [-0.05, 0) is 31.4 Å². The Morgan fingerprint density at radius 3 is 2.40 bits per heavy atom. The fraction of sp³-hybridized carbons (Fsp3) is 0.393. The molecule has 0 saturated heterocycles. The summed E-state index contributed by atoms with van der Waals surface area (Å²) in [5.41, 5.74) is 1.61. The second-order valence-corrected chi connectivity index (χ2v) is 9.97. The van der Waals surface area contributed by atoms with Crippen molar-refractivity contribution < 1.29 is 14.4 Å². The van der Waals surface area contributed by atoms with Crippen molar-refractivity contribution in [3.8, 4) is 0 Å². The minimum atomic E-state index is -1.09. The monoisotopic (exact) mass is 472 g/mol. The number of hydrogen-bond donors (Lipinski definition) is 2. The van der Waals surface area contributed by atoms with Crippen LogP contribution in [0.3, 0.4) is 0 Å². The van der Waals surface area contributed by atoms with Gasteiger partial charge in [0.05, 0.1) is 17.7 Å². The smallest absolute Gasteiger partial charge is 0.273 e. The van der Waals surface area contributed by atoms with Gasteiger partial charge in [-0.15, -0.1) is 0 Å². The average Bonchev–Trinajstić information content (AvgIpc) is 3.15. The lowest BCUT2D eigenvalue weighted by atomic mass is 9.91. The van der Waals surface area contributed by atoms with E-state index in [0.29, 0.717) is 24.5 Å². The Morgan fingerprint density at radius 1 is 1.00 bits per heavy atom. The molecule has 1 aliphatic heterocycles. The van der Waals surface area contributed by atoms with E-state index in [2.05, 4.69) is 10.6 Å². The third-order valence-corrected chi connectivity index (χ3v) is 7.39. The number of anilines is 1. The van der Waals surface area contributed by atoms with E-state index >= 15 is 0 Å². The first kappa shape index (κ1) is 23.1. The number of carbonyl (C=O) groups excluding carboxylic acids is 3. The Hall–Kier alpha value is -3.61. The molecular formula is C28H32N4O3. The highest BCUT2D eigenvalue weighted by Crippen LogP contribution is 2.39. The molecular weight excluding hydrogens is 440 g/mol. The number of carbonyl (C=O) groups is 3. The Balaban J connectivity index is 1.62. The molecule has 1 aliphatic carbocycles. The summed E-state index contributed by atoms with van der Waals surface area (Å²) in [7, 11) is 0. The molecule has 182 valence electrons. The Labute approximate surface area is 205 Å². The first-order valence-corrected chi connectivity index (χ1v) is 12.4. The number of benzene rings is 2. The van der Waals surface area contributed by atoms with Crippen LogP contribution >= 0.6 is 0 Å². The molecule has 2 N–H and O–H groups in total. The molecule has 0 radical (unpaired) electrons. The molecule has 2 heterocycles. The fourth-order valence-electron chi connectivity index (χ4n) is 5.53. The maximum atomic E-state index is 14.2. The normalized spacial score (nSPS) is 20.5. The number of rotatable bonds is 5. The maximum Gasteiger partial charge on any atom is 0.273 e. The zero-order valence-corrected chi connectivity index (χ0v) is 20.3. The second-order valence-electron chi connectivity index (χ2n) is 9.97. The number of nitrogens with one attached hydrogen (secondary N) is 2. The molecule has 0 unspecified atom stereocenters. The molecule has 35 heavy (non-hydrogen) atoms. The zero-order valence-electron chi connectivity index (χ0n) is 20.3. The van der Waals surface area contributed by atoms with Gasteiger partial charge in [-0.1, -0.05) is 67.8 Å². The summed E-state index contributed by atoms with van der Waals surface area (Å²) in [4.78, 5) is 41.8. The molecule has 1 saturated carbocycles. The van der Waals surface area contributed by atoms with Gasteiger partial charge in [0.25, 0.3) is 5.91 Å². The number of para-hydroxylation sites is 1. The van der Waals surface area contributed by atoms with Gasteiger partial charge in [0.1, 0.15) is 11.2 Å². The topological polar surface area (TPSA) is 83.4 Å². The van der Waals surface area contributed by atoms with Crippen molar-refractivity contribution in [3.63, 3.8) is 0 Å². The molecule has 2 aliphatic rings. The third kappa shape index (κ3) is 4.20. The van der Waals surface area contributed by atoms with Gasteiger partial charge in [-0.3, -0.25) is 14.4 Å². The van der Waals surface area contributed by atoms with E-state index in [1.807, 2.05) is 66.1 Å². The quantitative estimate of drug-likeness (QED) is 0.575. The lowest BCUT2D eigenvalue weighted by Crippen LogP contribution is -2.64. The number of amides is 3. The molecule has 3 amide bonds. The van der Waals surface area contributed by atoms with E-state index in [4.69, 9.17) is 0 Å². The van der Waals surface area contributed by atoms with Crippen LogP contribution in [0.4, 0.5) is 5.69 Å². The SMILES string of the molecule is CC(=O)Nc1c2n(c3ccccc13)C[C@@](C)(C(=O)NC1CCCCC1)N(Cc1ccccc1)C2=O. The summed E-state index contributed by atoms with van der Waals surface area (Å²) >= 11 is 0. The summed E-state index contributed by atoms with van der Waals surface area (Å²) in [6.45, 7) is 3.91. The van der Waals surface area contributed by atoms with Crippen LogP contribution in [0.25, 0.3) is 10.9 Å². The van der Waals surface area contributed by atoms with Crippen LogP contribution < -0.4 is 10.6 Å². The molecule has 7 heteroatoms. The number of nitrogens with zero attached hydrogens (tertiary/aromatic N) is 2. The van der Waals surface area contributed by atoms with Crippen LogP contribution in [0.5, 0.6) is 0 Å². The summed E-state index contributed by atoms with van der Waals surface area (Å²) in [6.07, 6.45) is 5.37. The highest BCUT2D eigenvalue weighted by molar-refractivity contribution is 6.14. The van der Waals surface area contributed by atoms with Gasteiger partial charge in [-0.25, -0.2) is 0 Å². The summed E-state index contributed by atoms with van der Waals surface area (Å²) in [5, 5.41) is 6.95. The first-order valence-electron chi connectivity index (χ1n) is 12.4. The summed E-state index contributed by atoms with van der Waals surface area (Å²) in [6, 6.07) is 17.5. The third-order valence-electron chi connectivity index (χ3n) is 7.39. The van der Waals surface area contributed by atoms with E-state index in [0.717, 1.165) is 42.1 Å². The Morgan fingerprint density at radius 2 is 1.69 bits per heavy atom. The van der Waals surface area contributed by atoms with Crippen LogP contribution in [-0.4, -0.2) is 38.8 Å². The zero-order chi connectivity index (χ0) is 24.6. The molecule has 7 nitrogen and oxygen atoms in total. The van der Waals surface area contributed by atoms with Crippen molar-refractivity contribution in [3.05, 3.63) is 65.9 Å². The van der Waals surface area contributed by atoms with E-state index in [1.54, 1.807) is 4.90 Å². The predicted molar refractivity (Wildman–Crippen MR) is 136 cm³/mol. The van der Waals surface area contributed by atoms with Crippen molar-refractivity contribution in [1.29, 1.82) is 0 Å². The lowest BCUT2D eigenvalue weighted by Gasteiger charge is -2.45. The van der Waals surface area contributed by atoms with E-state index in [9.17, 15) is 14.4 Å². The molecule has 0 spiro atoms. The number of fused-ring (bicyclic) bond motifs is 3. The molecule has 1 aromatic heterocycles. The van der Waals surface area contributed by atoms with Crippen LogP contribution in [0.15, 0.2) is 54.6 Å². The molecule has 3 aromatic rings. The van der Waals surface area contributed by atoms with Crippen molar-refractivity contribution in [2.24, 2.45) is 0 Å². The van der Waals surface area contributed by atoms with Crippen molar-refractivity contribution in [2.45, 2.75) is 70.6 Å². The maximum absolute atomic E-state index is 14.2. The summed E-state index contributed by atoms with van der Waals surface area (Å²) < 4.78 is 1.91. The van der Waals surface area contributed by atoms with Crippen LogP contribution in [-0.2, 0) is 22.7 Å². The standard InChI is InChI=1S/C28H32N4O3/c1-19(33)29-24-22-15-9-10-16-23(22)31-18-28(2,27(35)30-21-13-7-4-8-14-21)32(26(34)25(24)31)17-20-11-5-3-6-12-20/h3,5-6,9-12,15-16,21H,4,7-8,13-14,17-18H2,1-2H3,(H,29,33)(H,30,35)/t28-/m0/s1. The minimum absolute atomic E-state index is 0.127. The van der Waals surface area contributed by atoms with Gasteiger partial charge in [0, 0.05) is 24.9 Å². The molecule has 2 aromatic carbocycles. The number of aromatic nitrogens is 1. The molecule has 1 fully saturated rings. The second kappa shape index (κ2) is 9.21. The van der Waals surface area contributed by atoms with Gasteiger partial charge in [-0.2, -0.15) is 0 Å². The van der Waals surface area contributed by atoms with E-state index in [1.165, 1.54) is 13.3 Å². The van der Waals surface area contributed by atoms with Crippen molar-refractivity contribution >= 4 is 34.3 Å². The van der Waals surface area contributed by atoms with Crippen molar-refractivity contribution in [1.82, 2.24) is 14.8 Å². The van der Waals surface area contributed by atoms with Gasteiger partial charge < -0.3 is 20.1 Å². The predicted octanol–water partition coefficient (Wildman–Crippen LogP) is 4.46. The lowest BCUT2D eigenvalue weighted by molar-refractivity contribution is -0.134. The summed E-state index contributed by atoms with van der Waals surface area (Å²) in [5.74, 6) is -0.630. The largest absolute Gasteiger partial charge is 0.351 e. The van der Waals surface area contributed by atoms with E-state index < -0.39 is 5.54 Å². The highest BCUT2D eigenvalue weighted by Gasteiger charge is 2.49. The Kier molecular flexibility index (Phi) is 6.09. The average molecular weight is 473 g/mol. The van der Waals surface area contributed by atoms with Crippen molar-refractivity contribution in [2.75, 3.05) is 5.32 Å². The van der Waals surface area contributed by atoms with Crippen LogP contribution in [0.2, 0.25) is 0 Å². The fourth-order valence-corrected chi connectivity index (χ4v) is 5.53. The molecule has 1 atom stereocenters. The van der Waals surface area contributed by atoms with Gasteiger partial charge in [0.15, 0.2) is 0 Å². The molecule has 5 rings (SSSR count). The Bertz CT molecular complexity index is 1280. The highest BCUT2D eigenvalue weighted by atomic mass is 16.2. The van der Waals surface area contributed by atoms with Gasteiger partial charge >= 0.3 is 0 Å². The number of hydrogen-bond acceptors (Lipinski definition) is 3. The van der Waals surface area contributed by atoms with Crippen LogP contribution in [0, 0.1) is 0 Å². The van der Waals surface area contributed by atoms with E-state index in [-0.39, 0.29) is 23.8 Å².